The summed E-state index contributed by atoms with van der Waals surface area (Å²) >= 11 is 0. The fourth-order valence-electron chi connectivity index (χ4n) is 4.02. The summed E-state index contributed by atoms with van der Waals surface area (Å²) in [6.07, 6.45) is 3.46. The molecule has 1 atom stereocenters. The highest BCUT2D eigenvalue weighted by Crippen LogP contribution is 2.19. The average molecular weight is 405 g/mol. The topological polar surface area (TPSA) is 47.1 Å². The standard InChI is InChI=1S/C22H33FN4O2/c1-18(19-6-8-20(23)9-7-19)24(2)21(28)16-25-12-14-26(15-13-25)17-22(29)27-10-4-3-5-11-27/h6-9,18H,3-5,10-17H2,1-2H3. The van der Waals surface area contributed by atoms with Gasteiger partial charge in [0, 0.05) is 46.3 Å². The van der Waals surface area contributed by atoms with Crippen molar-refractivity contribution in [2.45, 2.75) is 32.2 Å². The molecule has 0 saturated carbocycles. The number of carbonyl (C=O) groups excluding carboxylic acids is 2. The third kappa shape index (κ3) is 6.00. The van der Waals surface area contributed by atoms with E-state index in [1.807, 2.05) is 11.8 Å². The molecule has 6 nitrogen and oxygen atoms in total. The van der Waals surface area contributed by atoms with Crippen molar-refractivity contribution in [1.29, 1.82) is 0 Å². The third-order valence-electron chi connectivity index (χ3n) is 6.22. The van der Waals surface area contributed by atoms with Crippen LogP contribution in [0.25, 0.3) is 0 Å². The van der Waals surface area contributed by atoms with Gasteiger partial charge in [-0.1, -0.05) is 12.1 Å². The van der Waals surface area contributed by atoms with E-state index in [-0.39, 0.29) is 23.7 Å². The number of carbonyl (C=O) groups is 2. The summed E-state index contributed by atoms with van der Waals surface area (Å²) < 4.78 is 13.1. The summed E-state index contributed by atoms with van der Waals surface area (Å²) in [5.74, 6) is 0.0216. The molecule has 0 radical (unpaired) electrons. The van der Waals surface area contributed by atoms with Gasteiger partial charge in [0.2, 0.25) is 11.8 Å². The van der Waals surface area contributed by atoms with Gasteiger partial charge in [-0.05, 0) is 43.9 Å². The summed E-state index contributed by atoms with van der Waals surface area (Å²) in [5, 5.41) is 0. The number of hydrogen-bond donors (Lipinski definition) is 0. The van der Waals surface area contributed by atoms with Gasteiger partial charge < -0.3 is 9.80 Å². The maximum atomic E-state index is 13.1. The molecule has 7 heteroatoms. The van der Waals surface area contributed by atoms with Crippen molar-refractivity contribution in [3.8, 4) is 0 Å². The summed E-state index contributed by atoms with van der Waals surface area (Å²) in [5.41, 5.74) is 0.920. The van der Waals surface area contributed by atoms with Crippen LogP contribution in [0.2, 0.25) is 0 Å². The second-order valence-electron chi connectivity index (χ2n) is 8.23. The Morgan fingerprint density at radius 2 is 1.48 bits per heavy atom. The van der Waals surface area contributed by atoms with Crippen LogP contribution in [0.1, 0.15) is 37.8 Å². The Labute approximate surface area is 173 Å². The molecule has 2 fully saturated rings. The molecule has 1 unspecified atom stereocenters. The lowest BCUT2D eigenvalue weighted by Gasteiger charge is -2.36. The van der Waals surface area contributed by atoms with E-state index in [2.05, 4.69) is 9.80 Å². The fraction of sp³-hybridized carbons (Fsp3) is 0.636. The van der Waals surface area contributed by atoms with Crippen molar-refractivity contribution >= 4 is 11.8 Å². The minimum atomic E-state index is -0.272. The number of nitrogens with zero attached hydrogens (tertiary/aromatic N) is 4. The van der Waals surface area contributed by atoms with E-state index in [9.17, 15) is 14.0 Å². The van der Waals surface area contributed by atoms with E-state index in [1.165, 1.54) is 18.6 Å². The predicted molar refractivity (Wildman–Crippen MR) is 111 cm³/mol. The van der Waals surface area contributed by atoms with Crippen molar-refractivity contribution in [2.24, 2.45) is 0 Å². The van der Waals surface area contributed by atoms with Crippen LogP contribution in [0.3, 0.4) is 0 Å². The van der Waals surface area contributed by atoms with Crippen LogP contribution in [-0.4, -0.2) is 90.8 Å². The number of rotatable bonds is 6. The van der Waals surface area contributed by atoms with Crippen LogP contribution in [0, 0.1) is 5.82 Å². The molecule has 2 amide bonds. The van der Waals surface area contributed by atoms with Crippen LogP contribution in [0.4, 0.5) is 4.39 Å². The van der Waals surface area contributed by atoms with Gasteiger partial charge in [-0.3, -0.25) is 19.4 Å². The first-order chi connectivity index (χ1) is 13.9. The van der Waals surface area contributed by atoms with Crippen molar-refractivity contribution in [3.05, 3.63) is 35.6 Å². The predicted octanol–water partition coefficient (Wildman–Crippen LogP) is 1.98. The second-order valence-corrected chi connectivity index (χ2v) is 8.23. The SMILES string of the molecule is CC(c1ccc(F)cc1)N(C)C(=O)CN1CCN(CC(=O)N2CCCCC2)CC1. The second kappa shape index (κ2) is 10.2. The normalized spacial score (nSPS) is 19.8. The van der Waals surface area contributed by atoms with Gasteiger partial charge in [0.1, 0.15) is 5.82 Å². The minimum absolute atomic E-state index is 0.0552. The molecule has 2 aliphatic rings. The van der Waals surface area contributed by atoms with Crippen LogP contribution in [0.5, 0.6) is 0 Å². The number of benzene rings is 1. The summed E-state index contributed by atoms with van der Waals surface area (Å²) in [4.78, 5) is 33.2. The molecule has 0 bridgehead atoms. The first-order valence-electron chi connectivity index (χ1n) is 10.7. The molecule has 0 N–H and O–H groups in total. The molecular weight excluding hydrogens is 371 g/mol. The number of piperazine rings is 1. The lowest BCUT2D eigenvalue weighted by Crippen LogP contribution is -2.52. The van der Waals surface area contributed by atoms with Gasteiger partial charge >= 0.3 is 0 Å². The summed E-state index contributed by atoms with van der Waals surface area (Å²) in [6.45, 7) is 7.80. The van der Waals surface area contributed by atoms with Crippen LogP contribution >= 0.6 is 0 Å². The monoisotopic (exact) mass is 404 g/mol. The van der Waals surface area contributed by atoms with Crippen LogP contribution in [-0.2, 0) is 9.59 Å². The summed E-state index contributed by atoms with van der Waals surface area (Å²) in [6, 6.07) is 6.19. The van der Waals surface area contributed by atoms with Gasteiger partial charge in [-0.2, -0.15) is 0 Å². The lowest BCUT2D eigenvalue weighted by atomic mass is 10.1. The van der Waals surface area contributed by atoms with Crippen molar-refractivity contribution < 1.29 is 14.0 Å². The molecule has 0 spiro atoms. The summed E-state index contributed by atoms with van der Waals surface area (Å²) in [7, 11) is 1.80. The third-order valence-corrected chi connectivity index (χ3v) is 6.22. The van der Waals surface area contributed by atoms with Crippen LogP contribution < -0.4 is 0 Å². The Bertz CT molecular complexity index is 683. The Morgan fingerprint density at radius 1 is 0.931 bits per heavy atom. The first-order valence-corrected chi connectivity index (χ1v) is 10.7. The Morgan fingerprint density at radius 3 is 2.07 bits per heavy atom. The molecule has 160 valence electrons. The Hall–Kier alpha value is -1.99. The Balaban J connectivity index is 1.41. The zero-order valence-electron chi connectivity index (χ0n) is 17.6. The maximum Gasteiger partial charge on any atom is 0.236 e. The molecule has 2 heterocycles. The average Bonchev–Trinajstić information content (AvgIpc) is 2.75. The van der Waals surface area contributed by atoms with Gasteiger partial charge in [-0.25, -0.2) is 4.39 Å². The molecule has 1 aromatic carbocycles. The highest BCUT2D eigenvalue weighted by molar-refractivity contribution is 5.79. The number of amides is 2. The van der Waals surface area contributed by atoms with Gasteiger partial charge in [0.05, 0.1) is 19.1 Å². The molecular formula is C22H33FN4O2. The molecule has 3 rings (SSSR count). The van der Waals surface area contributed by atoms with E-state index in [0.717, 1.165) is 57.7 Å². The zero-order valence-corrected chi connectivity index (χ0v) is 17.6. The number of hydrogen-bond acceptors (Lipinski definition) is 4. The zero-order chi connectivity index (χ0) is 20.8. The fourth-order valence-corrected chi connectivity index (χ4v) is 4.02. The number of piperidine rings is 1. The molecule has 0 aromatic heterocycles. The molecule has 29 heavy (non-hydrogen) atoms. The van der Waals surface area contributed by atoms with Gasteiger partial charge in [0.15, 0.2) is 0 Å². The van der Waals surface area contributed by atoms with Gasteiger partial charge in [-0.15, -0.1) is 0 Å². The number of halogens is 1. The minimum Gasteiger partial charge on any atom is -0.342 e. The van der Waals surface area contributed by atoms with E-state index < -0.39 is 0 Å². The van der Waals surface area contributed by atoms with Crippen molar-refractivity contribution in [2.75, 3.05) is 59.4 Å². The maximum absolute atomic E-state index is 13.1. The first kappa shape index (κ1) is 21.7. The Kier molecular flexibility index (Phi) is 7.61. The smallest absolute Gasteiger partial charge is 0.236 e. The lowest BCUT2D eigenvalue weighted by molar-refractivity contribution is -0.136. The van der Waals surface area contributed by atoms with Crippen LogP contribution in [0.15, 0.2) is 24.3 Å². The van der Waals surface area contributed by atoms with E-state index >= 15 is 0 Å². The molecule has 2 aliphatic heterocycles. The highest BCUT2D eigenvalue weighted by Gasteiger charge is 2.25. The highest BCUT2D eigenvalue weighted by atomic mass is 19.1. The number of likely N-dealkylation sites (tertiary alicyclic amines) is 1. The van der Waals surface area contributed by atoms with Gasteiger partial charge in [0.25, 0.3) is 0 Å². The van der Waals surface area contributed by atoms with E-state index in [1.54, 1.807) is 24.1 Å². The molecule has 1 aromatic rings. The van der Waals surface area contributed by atoms with Crippen molar-refractivity contribution in [1.82, 2.24) is 19.6 Å². The largest absolute Gasteiger partial charge is 0.342 e. The molecule has 0 aliphatic carbocycles. The molecule has 2 saturated heterocycles. The number of likely N-dealkylation sites (N-methyl/N-ethyl adjacent to an activating group) is 1. The van der Waals surface area contributed by atoms with E-state index in [0.29, 0.717) is 13.1 Å². The van der Waals surface area contributed by atoms with Crippen molar-refractivity contribution in [3.63, 3.8) is 0 Å². The van der Waals surface area contributed by atoms with E-state index in [4.69, 9.17) is 0 Å². The quantitative estimate of drug-likeness (QED) is 0.727.